The first-order valence-electron chi connectivity index (χ1n) is 4.15. The molecule has 0 N–H and O–H groups in total. The molecule has 72 valence electrons. The van der Waals surface area contributed by atoms with Gasteiger partial charge in [0.2, 0.25) is 0 Å². The lowest BCUT2D eigenvalue weighted by molar-refractivity contribution is 0.399. The van der Waals surface area contributed by atoms with Crippen LogP contribution >= 0.6 is 46.4 Å². The number of hydrogen-bond donors (Lipinski definition) is 0. The van der Waals surface area contributed by atoms with Crippen LogP contribution in [-0.2, 0) is 0 Å². The zero-order chi connectivity index (χ0) is 9.19. The van der Waals surface area contributed by atoms with Crippen LogP contribution in [0.2, 0.25) is 0 Å². The van der Waals surface area contributed by atoms with Gasteiger partial charge < -0.3 is 0 Å². The highest BCUT2D eigenvalue weighted by Crippen LogP contribution is 2.42. The normalized spacial score (nSPS) is 31.0. The van der Waals surface area contributed by atoms with Crippen LogP contribution in [0.4, 0.5) is 0 Å². The molecule has 0 saturated heterocycles. The Bertz CT molecular complexity index is 140. The Morgan fingerprint density at radius 3 is 2.17 bits per heavy atom. The van der Waals surface area contributed by atoms with Gasteiger partial charge in [0.15, 0.2) is 3.79 Å². The van der Waals surface area contributed by atoms with Crippen molar-refractivity contribution < 1.29 is 0 Å². The van der Waals surface area contributed by atoms with E-state index in [1.807, 2.05) is 0 Å². The van der Waals surface area contributed by atoms with Gasteiger partial charge in [0.1, 0.15) is 0 Å². The Kier molecular flexibility index (Phi) is 4.30. The first-order chi connectivity index (χ1) is 5.53. The van der Waals surface area contributed by atoms with E-state index in [0.29, 0.717) is 24.1 Å². The van der Waals surface area contributed by atoms with E-state index < -0.39 is 3.79 Å². The van der Waals surface area contributed by atoms with Crippen molar-refractivity contribution in [1.29, 1.82) is 0 Å². The van der Waals surface area contributed by atoms with Crippen molar-refractivity contribution in [2.24, 2.45) is 11.8 Å². The Morgan fingerprint density at radius 1 is 1.08 bits per heavy atom. The first kappa shape index (κ1) is 11.2. The van der Waals surface area contributed by atoms with Gasteiger partial charge in [-0.05, 0) is 31.1 Å². The second-order valence-electron chi connectivity index (χ2n) is 3.42. The van der Waals surface area contributed by atoms with E-state index in [4.69, 9.17) is 46.4 Å². The number of hydrogen-bond acceptors (Lipinski definition) is 0. The third-order valence-corrected chi connectivity index (χ3v) is 3.37. The minimum Gasteiger partial charge on any atom is -0.126 e. The van der Waals surface area contributed by atoms with E-state index in [1.54, 1.807) is 0 Å². The van der Waals surface area contributed by atoms with Gasteiger partial charge in [-0.15, -0.1) is 11.6 Å². The maximum atomic E-state index is 5.80. The summed E-state index contributed by atoms with van der Waals surface area (Å²) in [5.74, 6) is 1.77. The van der Waals surface area contributed by atoms with Gasteiger partial charge in [0, 0.05) is 5.88 Å². The lowest BCUT2D eigenvalue weighted by Gasteiger charge is -2.21. The SMILES string of the molecule is ClC[C@@H]1CCC[C@H]1CC(Cl)(Cl)Cl. The lowest BCUT2D eigenvalue weighted by Crippen LogP contribution is -2.16. The minimum absolute atomic E-state index is 0.509. The number of halogens is 4. The molecule has 0 bridgehead atoms. The summed E-state index contributed by atoms with van der Waals surface area (Å²) in [5.41, 5.74) is 0. The summed E-state index contributed by atoms with van der Waals surface area (Å²) in [7, 11) is 0. The highest BCUT2D eigenvalue weighted by Gasteiger charge is 2.33. The van der Waals surface area contributed by atoms with Crippen molar-refractivity contribution in [1.82, 2.24) is 0 Å². The fraction of sp³-hybridized carbons (Fsp3) is 1.00. The molecule has 0 heterocycles. The molecule has 0 spiro atoms. The summed E-state index contributed by atoms with van der Waals surface area (Å²) in [6.07, 6.45) is 4.22. The molecule has 0 amide bonds. The van der Waals surface area contributed by atoms with E-state index in [9.17, 15) is 0 Å². The number of alkyl halides is 4. The fourth-order valence-electron chi connectivity index (χ4n) is 1.88. The van der Waals surface area contributed by atoms with Gasteiger partial charge in [0.05, 0.1) is 0 Å². The summed E-state index contributed by atoms with van der Waals surface area (Å²) in [6.45, 7) is 0. The van der Waals surface area contributed by atoms with Crippen LogP contribution in [0.1, 0.15) is 25.7 Å². The minimum atomic E-state index is -1.10. The number of rotatable bonds is 2. The molecular formula is C8H12Cl4. The van der Waals surface area contributed by atoms with Crippen LogP contribution in [0.15, 0.2) is 0 Å². The average Bonchev–Trinajstić information content (AvgIpc) is 2.31. The van der Waals surface area contributed by atoms with Crippen molar-refractivity contribution in [3.8, 4) is 0 Å². The summed E-state index contributed by atoms with van der Waals surface area (Å²) in [5, 5.41) is 0. The van der Waals surface area contributed by atoms with Crippen molar-refractivity contribution in [3.63, 3.8) is 0 Å². The molecule has 0 radical (unpaired) electrons. The zero-order valence-electron chi connectivity index (χ0n) is 6.70. The second-order valence-corrected chi connectivity index (χ2v) is 6.25. The van der Waals surface area contributed by atoms with E-state index >= 15 is 0 Å². The van der Waals surface area contributed by atoms with Crippen molar-refractivity contribution in [2.75, 3.05) is 5.88 Å². The van der Waals surface area contributed by atoms with E-state index in [-0.39, 0.29) is 0 Å². The van der Waals surface area contributed by atoms with Gasteiger partial charge in [-0.1, -0.05) is 41.2 Å². The summed E-state index contributed by atoms with van der Waals surface area (Å²) < 4.78 is -1.10. The van der Waals surface area contributed by atoms with Gasteiger partial charge in [-0.2, -0.15) is 0 Å². The summed E-state index contributed by atoms with van der Waals surface area (Å²) in [6, 6.07) is 0. The van der Waals surface area contributed by atoms with Crippen LogP contribution in [-0.4, -0.2) is 9.67 Å². The topological polar surface area (TPSA) is 0 Å². The maximum Gasteiger partial charge on any atom is 0.190 e. The fourth-order valence-corrected chi connectivity index (χ4v) is 2.88. The molecule has 0 nitrogen and oxygen atoms in total. The second kappa shape index (κ2) is 4.59. The summed E-state index contributed by atoms with van der Waals surface area (Å²) in [4.78, 5) is 0. The van der Waals surface area contributed by atoms with Crippen molar-refractivity contribution >= 4 is 46.4 Å². The van der Waals surface area contributed by atoms with Crippen LogP contribution in [0.5, 0.6) is 0 Å². The lowest BCUT2D eigenvalue weighted by atomic mass is 9.95. The monoisotopic (exact) mass is 248 g/mol. The third kappa shape index (κ3) is 3.49. The molecule has 4 heteroatoms. The molecule has 2 atom stereocenters. The molecule has 0 aromatic carbocycles. The van der Waals surface area contributed by atoms with Gasteiger partial charge in [-0.25, -0.2) is 0 Å². The molecule has 1 rings (SSSR count). The van der Waals surface area contributed by atoms with Gasteiger partial charge in [-0.3, -0.25) is 0 Å². The molecule has 1 aliphatic rings. The smallest absolute Gasteiger partial charge is 0.126 e. The molecule has 1 aliphatic carbocycles. The van der Waals surface area contributed by atoms with Gasteiger partial charge in [0.25, 0.3) is 0 Å². The Labute approximate surface area is 93.5 Å². The van der Waals surface area contributed by atoms with Crippen LogP contribution in [0.25, 0.3) is 0 Å². The van der Waals surface area contributed by atoms with Crippen LogP contribution < -0.4 is 0 Å². The first-order valence-corrected chi connectivity index (χ1v) is 5.82. The Hall–Kier alpha value is 1.16. The van der Waals surface area contributed by atoms with Crippen LogP contribution in [0.3, 0.4) is 0 Å². The van der Waals surface area contributed by atoms with Gasteiger partial charge >= 0.3 is 0 Å². The largest absolute Gasteiger partial charge is 0.190 e. The Balaban J connectivity index is 2.41. The molecular weight excluding hydrogens is 238 g/mol. The standard InChI is InChI=1S/C8H12Cl4/c9-5-7-3-1-2-6(7)4-8(10,11)12/h6-7H,1-5H2/t6-,7-/m0/s1. The molecule has 0 unspecified atom stereocenters. The average molecular weight is 250 g/mol. The third-order valence-electron chi connectivity index (χ3n) is 2.51. The predicted octanol–water partition coefficient (Wildman–Crippen LogP) is 4.40. The van der Waals surface area contributed by atoms with E-state index in [1.165, 1.54) is 12.8 Å². The van der Waals surface area contributed by atoms with E-state index in [0.717, 1.165) is 6.42 Å². The highest BCUT2D eigenvalue weighted by molar-refractivity contribution is 6.67. The molecule has 1 saturated carbocycles. The quantitative estimate of drug-likeness (QED) is 0.637. The molecule has 0 aliphatic heterocycles. The van der Waals surface area contributed by atoms with Crippen molar-refractivity contribution in [3.05, 3.63) is 0 Å². The molecule has 1 fully saturated rings. The molecule has 0 aromatic heterocycles. The Morgan fingerprint density at radius 2 is 1.67 bits per heavy atom. The van der Waals surface area contributed by atoms with E-state index in [2.05, 4.69) is 0 Å². The van der Waals surface area contributed by atoms with Crippen molar-refractivity contribution in [2.45, 2.75) is 29.5 Å². The zero-order valence-corrected chi connectivity index (χ0v) is 9.73. The predicted molar refractivity (Wildman–Crippen MR) is 56.5 cm³/mol. The highest BCUT2D eigenvalue weighted by atomic mass is 35.6. The maximum absolute atomic E-state index is 5.80. The summed E-state index contributed by atoms with van der Waals surface area (Å²) >= 11 is 23.0. The van der Waals surface area contributed by atoms with Crippen LogP contribution in [0, 0.1) is 11.8 Å². The molecule has 0 aromatic rings. The molecule has 12 heavy (non-hydrogen) atoms.